The monoisotopic (exact) mass is 451 g/mol. The van der Waals surface area contributed by atoms with Gasteiger partial charge >= 0.3 is 0 Å². The molecule has 2 aromatic rings. The molecule has 3 nitrogen and oxygen atoms in total. The number of aromatic nitrogens is 1. The number of carbonyl (C=O) groups excluding carboxylic acids is 1. The van der Waals surface area contributed by atoms with Gasteiger partial charge in [0.2, 0.25) is 0 Å². The van der Waals surface area contributed by atoms with E-state index < -0.39 is 0 Å². The molecule has 0 atom stereocenters. The van der Waals surface area contributed by atoms with Gasteiger partial charge in [0.1, 0.15) is 11.6 Å². The van der Waals surface area contributed by atoms with Crippen LogP contribution in [0.25, 0.3) is 5.57 Å². The Morgan fingerprint density at radius 2 is 1.85 bits per heavy atom. The zero-order valence-corrected chi connectivity index (χ0v) is 21.1. The molecule has 0 saturated heterocycles. The second-order valence-corrected chi connectivity index (χ2v) is 8.21. The van der Waals surface area contributed by atoms with Crippen molar-refractivity contribution in [2.45, 2.75) is 86.5 Å². The summed E-state index contributed by atoms with van der Waals surface area (Å²) in [7, 11) is 0. The van der Waals surface area contributed by atoms with E-state index in [9.17, 15) is 9.18 Å². The zero-order valence-electron chi connectivity index (χ0n) is 21.1. The molecular formula is C29H38FNO2. The van der Waals surface area contributed by atoms with Crippen LogP contribution >= 0.6 is 0 Å². The summed E-state index contributed by atoms with van der Waals surface area (Å²) in [5.41, 5.74) is 6.83. The SMILES string of the molecule is CC.CCC(=O)C=C1CCc2nc(C)oc2CC1.CCC1=CC(c2ccc(F)c(C)c2)=CC1. The van der Waals surface area contributed by atoms with Gasteiger partial charge in [-0.25, -0.2) is 9.37 Å². The number of allylic oxidation sites excluding steroid dienone is 6. The van der Waals surface area contributed by atoms with Gasteiger partial charge in [-0.15, -0.1) is 0 Å². The lowest BCUT2D eigenvalue weighted by atomic mass is 10.0. The molecule has 2 aliphatic rings. The minimum absolute atomic E-state index is 0.128. The highest BCUT2D eigenvalue weighted by Gasteiger charge is 2.16. The molecule has 4 rings (SSSR count). The smallest absolute Gasteiger partial charge is 0.191 e. The number of hydrogen-bond donors (Lipinski definition) is 0. The lowest BCUT2D eigenvalue weighted by Crippen LogP contribution is -1.94. The number of nitrogens with zero attached hydrogens (tertiary/aromatic N) is 1. The Bertz CT molecular complexity index is 1010. The normalized spacial score (nSPS) is 15.9. The largest absolute Gasteiger partial charge is 0.446 e. The van der Waals surface area contributed by atoms with E-state index in [1.165, 1.54) is 16.7 Å². The highest BCUT2D eigenvalue weighted by molar-refractivity contribution is 5.90. The molecule has 1 aromatic carbocycles. The van der Waals surface area contributed by atoms with E-state index >= 15 is 0 Å². The summed E-state index contributed by atoms with van der Waals surface area (Å²) in [5, 5.41) is 0. The summed E-state index contributed by atoms with van der Waals surface area (Å²) in [6.07, 6.45) is 12.6. The molecule has 0 fully saturated rings. The summed E-state index contributed by atoms with van der Waals surface area (Å²) >= 11 is 0. The molecule has 4 heteroatoms. The van der Waals surface area contributed by atoms with Gasteiger partial charge in [-0.1, -0.05) is 57.1 Å². The first-order valence-corrected chi connectivity index (χ1v) is 12.2. The summed E-state index contributed by atoms with van der Waals surface area (Å²) in [6, 6.07) is 5.31. The maximum absolute atomic E-state index is 13.1. The lowest BCUT2D eigenvalue weighted by Gasteiger charge is -2.02. The minimum Gasteiger partial charge on any atom is -0.446 e. The van der Waals surface area contributed by atoms with Crippen LogP contribution in [0.3, 0.4) is 0 Å². The van der Waals surface area contributed by atoms with Crippen LogP contribution in [0.15, 0.2) is 52.0 Å². The van der Waals surface area contributed by atoms with E-state index in [0.717, 1.165) is 61.4 Å². The van der Waals surface area contributed by atoms with Gasteiger partial charge in [-0.3, -0.25) is 4.79 Å². The third-order valence-corrected chi connectivity index (χ3v) is 5.84. The van der Waals surface area contributed by atoms with Crippen LogP contribution in [-0.2, 0) is 17.6 Å². The van der Waals surface area contributed by atoms with Crippen LogP contribution in [0.4, 0.5) is 4.39 Å². The Hall–Kier alpha value is -2.75. The molecule has 0 aliphatic heterocycles. The average molecular weight is 452 g/mol. The standard InChI is InChI=1S/C14H15F.C13H17NO2.C2H6/c1-3-11-4-5-13(9-11)12-6-7-14(15)10(2)8-12;1-3-11(15)8-10-4-6-12-13(7-5-10)16-9(2)14-12;1-2/h5-9H,3-4H2,1-2H3;8H,3-7H2,1-2H3;1-2H3. The number of benzene rings is 1. The Balaban J connectivity index is 0.000000218. The molecule has 1 aromatic heterocycles. The fourth-order valence-electron chi connectivity index (χ4n) is 3.91. The van der Waals surface area contributed by atoms with Gasteiger partial charge < -0.3 is 4.42 Å². The van der Waals surface area contributed by atoms with Gasteiger partial charge in [0, 0.05) is 19.8 Å². The Morgan fingerprint density at radius 1 is 1.12 bits per heavy atom. The van der Waals surface area contributed by atoms with Crippen molar-refractivity contribution in [3.05, 3.63) is 81.9 Å². The first-order valence-electron chi connectivity index (χ1n) is 12.2. The van der Waals surface area contributed by atoms with Crippen molar-refractivity contribution in [3.63, 3.8) is 0 Å². The maximum atomic E-state index is 13.1. The Labute approximate surface area is 198 Å². The average Bonchev–Trinajstić information content (AvgIpc) is 3.41. The van der Waals surface area contributed by atoms with Crippen LogP contribution in [0, 0.1) is 19.7 Å². The van der Waals surface area contributed by atoms with Crippen molar-refractivity contribution in [1.82, 2.24) is 4.98 Å². The predicted octanol–water partition coefficient (Wildman–Crippen LogP) is 8.05. The van der Waals surface area contributed by atoms with Crippen LogP contribution in [0.1, 0.15) is 88.3 Å². The van der Waals surface area contributed by atoms with Crippen molar-refractivity contribution in [2.24, 2.45) is 0 Å². The Kier molecular flexibility index (Phi) is 10.5. The molecule has 33 heavy (non-hydrogen) atoms. The van der Waals surface area contributed by atoms with E-state index in [4.69, 9.17) is 4.42 Å². The molecular weight excluding hydrogens is 413 g/mol. The number of hydrogen-bond acceptors (Lipinski definition) is 3. The summed E-state index contributed by atoms with van der Waals surface area (Å²) in [6.45, 7) is 11.7. The maximum Gasteiger partial charge on any atom is 0.191 e. The zero-order chi connectivity index (χ0) is 24.4. The van der Waals surface area contributed by atoms with Crippen LogP contribution in [0.5, 0.6) is 0 Å². The fourth-order valence-corrected chi connectivity index (χ4v) is 3.91. The van der Waals surface area contributed by atoms with Crippen LogP contribution in [0.2, 0.25) is 0 Å². The van der Waals surface area contributed by atoms with E-state index in [2.05, 4.69) is 24.1 Å². The van der Waals surface area contributed by atoms with Crippen LogP contribution < -0.4 is 0 Å². The highest BCUT2D eigenvalue weighted by Crippen LogP contribution is 2.28. The minimum atomic E-state index is -0.128. The molecule has 0 N–H and O–H groups in total. The quantitative estimate of drug-likeness (QED) is 0.349. The molecule has 0 saturated carbocycles. The number of oxazole rings is 1. The number of fused-ring (bicyclic) bond motifs is 1. The molecule has 0 radical (unpaired) electrons. The lowest BCUT2D eigenvalue weighted by molar-refractivity contribution is -0.114. The van der Waals surface area contributed by atoms with Crippen molar-refractivity contribution in [1.29, 1.82) is 0 Å². The van der Waals surface area contributed by atoms with E-state index in [-0.39, 0.29) is 11.6 Å². The third kappa shape index (κ3) is 7.66. The molecule has 2 aliphatic carbocycles. The number of ketones is 1. The van der Waals surface area contributed by atoms with E-state index in [1.54, 1.807) is 19.1 Å². The molecule has 0 bridgehead atoms. The number of aryl methyl sites for hydroxylation is 4. The third-order valence-electron chi connectivity index (χ3n) is 5.84. The molecule has 178 valence electrons. The summed E-state index contributed by atoms with van der Waals surface area (Å²) in [5.74, 6) is 1.85. The van der Waals surface area contributed by atoms with Crippen molar-refractivity contribution in [3.8, 4) is 0 Å². The van der Waals surface area contributed by atoms with Gasteiger partial charge in [0.15, 0.2) is 11.7 Å². The fraction of sp³-hybridized carbons (Fsp3) is 0.448. The molecule has 1 heterocycles. The molecule has 0 amide bonds. The number of carbonyl (C=O) groups is 1. The van der Waals surface area contributed by atoms with Gasteiger partial charge in [-0.05, 0) is 73.9 Å². The van der Waals surface area contributed by atoms with Gasteiger partial charge in [0.25, 0.3) is 0 Å². The first-order chi connectivity index (χ1) is 15.9. The summed E-state index contributed by atoms with van der Waals surface area (Å²) in [4.78, 5) is 15.7. The second kappa shape index (κ2) is 13.1. The van der Waals surface area contributed by atoms with Crippen molar-refractivity contribution in [2.75, 3.05) is 0 Å². The van der Waals surface area contributed by atoms with Crippen molar-refractivity contribution >= 4 is 11.4 Å². The second-order valence-electron chi connectivity index (χ2n) is 8.21. The Morgan fingerprint density at radius 3 is 2.48 bits per heavy atom. The predicted molar refractivity (Wildman–Crippen MR) is 135 cm³/mol. The topological polar surface area (TPSA) is 43.1 Å². The van der Waals surface area contributed by atoms with Crippen molar-refractivity contribution < 1.29 is 13.6 Å². The highest BCUT2D eigenvalue weighted by atomic mass is 19.1. The first kappa shape index (κ1) is 26.5. The number of halogens is 1. The molecule has 0 spiro atoms. The molecule has 0 unspecified atom stereocenters. The number of rotatable bonds is 4. The van der Waals surface area contributed by atoms with E-state index in [0.29, 0.717) is 12.0 Å². The van der Waals surface area contributed by atoms with Crippen LogP contribution in [-0.4, -0.2) is 10.8 Å². The van der Waals surface area contributed by atoms with Gasteiger partial charge in [0.05, 0.1) is 5.69 Å². The van der Waals surface area contributed by atoms with E-state index in [1.807, 2.05) is 39.8 Å². The summed E-state index contributed by atoms with van der Waals surface area (Å²) < 4.78 is 18.6. The van der Waals surface area contributed by atoms with Gasteiger partial charge in [-0.2, -0.15) is 0 Å².